The number of benzene rings is 2. The van der Waals surface area contributed by atoms with E-state index in [1.165, 1.54) is 22.1 Å². The summed E-state index contributed by atoms with van der Waals surface area (Å²) in [5, 5.41) is 2.42. The number of carbonyl (C=O) groups is 2. The van der Waals surface area contributed by atoms with Crippen LogP contribution in [0.1, 0.15) is 22.3 Å². The van der Waals surface area contributed by atoms with Gasteiger partial charge < -0.3 is 4.79 Å². The largest absolute Gasteiger partial charge is 0.302 e. The minimum atomic E-state index is -1.34. The van der Waals surface area contributed by atoms with E-state index < -0.39 is 16.1 Å². The molecule has 0 aliphatic rings. The Morgan fingerprint density at radius 3 is 2.76 bits per heavy atom. The molecule has 1 amide bonds. The van der Waals surface area contributed by atoms with Crippen molar-refractivity contribution in [3.8, 4) is 11.1 Å². The van der Waals surface area contributed by atoms with Crippen molar-refractivity contribution in [2.45, 2.75) is 18.2 Å². The molecule has 11 heteroatoms. The smallest absolute Gasteiger partial charge is 0.266 e. The topological polar surface area (TPSA) is 100 Å². The Morgan fingerprint density at radius 2 is 2.06 bits per heavy atom. The highest BCUT2D eigenvalue weighted by Gasteiger charge is 2.16. The maximum Gasteiger partial charge on any atom is 0.266 e. The first-order valence-electron chi connectivity index (χ1n) is 10.0. The Morgan fingerprint density at radius 1 is 1.24 bits per heavy atom. The van der Waals surface area contributed by atoms with Crippen molar-refractivity contribution in [1.29, 1.82) is 0 Å². The van der Waals surface area contributed by atoms with Gasteiger partial charge in [-0.2, -0.15) is 11.8 Å². The van der Waals surface area contributed by atoms with Gasteiger partial charge in [0.1, 0.15) is 6.29 Å². The number of aromatic nitrogens is 1. The monoisotopic (exact) mass is 520 g/mol. The molecule has 2 aromatic carbocycles. The summed E-state index contributed by atoms with van der Waals surface area (Å²) in [5.74, 6) is 0.984. The fourth-order valence-corrected chi connectivity index (χ4v) is 6.14. The molecule has 0 saturated carbocycles. The molecule has 0 saturated heterocycles. The number of amides is 1. The van der Waals surface area contributed by atoms with Crippen LogP contribution in [0.25, 0.3) is 11.1 Å². The van der Waals surface area contributed by atoms with Crippen molar-refractivity contribution in [3.63, 3.8) is 0 Å². The van der Waals surface area contributed by atoms with Gasteiger partial charge in [-0.15, -0.1) is 11.3 Å². The lowest BCUT2D eigenvalue weighted by molar-refractivity contribution is -0.109. The van der Waals surface area contributed by atoms with Gasteiger partial charge in [0.25, 0.3) is 5.91 Å². The lowest BCUT2D eigenvalue weighted by Gasteiger charge is -2.16. The Kier molecular flexibility index (Phi) is 10.4. The van der Waals surface area contributed by atoms with Gasteiger partial charge in [-0.05, 0) is 58.0 Å². The van der Waals surface area contributed by atoms with Crippen LogP contribution in [-0.2, 0) is 20.6 Å². The lowest BCUT2D eigenvalue weighted by Crippen LogP contribution is -2.45. The minimum Gasteiger partial charge on any atom is -0.302 e. The van der Waals surface area contributed by atoms with Gasteiger partial charge in [-0.3, -0.25) is 14.9 Å². The number of nitrogens with one attached hydrogen (secondary N) is 3. The third kappa shape index (κ3) is 7.97. The van der Waals surface area contributed by atoms with Crippen LogP contribution in [0.5, 0.6) is 0 Å². The number of hydrogen-bond donors (Lipinski definition) is 3. The zero-order chi connectivity index (χ0) is 23.5. The standard InChI is InChI=1S/C22H24N4O3S4/c1-30-11-9-18(14-27)24-25-21(28)19-8-7-16(13-20(19)17-5-3-2-4-6-17)15-32-33(29)26-22-23-10-12-31-22/h2-8,10,12-14,18,24H,9,11,15H2,1H3,(H,23,26)(H,25,28)/t18-,33?/m1/s1. The van der Waals surface area contributed by atoms with E-state index in [0.717, 1.165) is 28.7 Å². The van der Waals surface area contributed by atoms with E-state index in [9.17, 15) is 13.8 Å². The number of hydrazine groups is 1. The van der Waals surface area contributed by atoms with E-state index in [0.29, 0.717) is 22.9 Å². The average molecular weight is 521 g/mol. The van der Waals surface area contributed by atoms with E-state index in [4.69, 9.17) is 0 Å². The van der Waals surface area contributed by atoms with Crippen LogP contribution in [-0.4, -0.2) is 39.4 Å². The molecular formula is C22H24N4O3S4. The number of anilines is 1. The van der Waals surface area contributed by atoms with Gasteiger partial charge in [-0.1, -0.05) is 36.4 Å². The molecule has 1 aromatic heterocycles. The lowest BCUT2D eigenvalue weighted by atomic mass is 9.97. The molecule has 0 radical (unpaired) electrons. The van der Waals surface area contributed by atoms with E-state index in [2.05, 4.69) is 20.6 Å². The van der Waals surface area contributed by atoms with Crippen molar-refractivity contribution in [2.75, 3.05) is 16.7 Å². The first-order valence-corrected chi connectivity index (χ1v) is 14.9. The van der Waals surface area contributed by atoms with Crippen molar-refractivity contribution in [1.82, 2.24) is 15.8 Å². The summed E-state index contributed by atoms with van der Waals surface area (Å²) in [5.41, 5.74) is 8.56. The number of nitrogens with zero attached hydrogens (tertiary/aromatic N) is 1. The Balaban J connectivity index is 1.72. The maximum atomic E-state index is 12.9. The molecule has 1 heterocycles. The van der Waals surface area contributed by atoms with Gasteiger partial charge in [0.2, 0.25) is 0 Å². The second-order valence-corrected chi connectivity index (χ2v) is 11.5. The third-order valence-corrected chi connectivity index (χ3v) is 8.25. The van der Waals surface area contributed by atoms with Gasteiger partial charge in [0, 0.05) is 22.9 Å². The highest BCUT2D eigenvalue weighted by atomic mass is 33.1. The Bertz CT molecular complexity index is 1060. The van der Waals surface area contributed by atoms with Crippen LogP contribution in [0.4, 0.5) is 5.13 Å². The second kappa shape index (κ2) is 13.5. The molecule has 7 nitrogen and oxygen atoms in total. The molecule has 3 N–H and O–H groups in total. The second-order valence-electron chi connectivity index (χ2n) is 6.80. The predicted molar refractivity (Wildman–Crippen MR) is 141 cm³/mol. The molecule has 0 aliphatic heterocycles. The summed E-state index contributed by atoms with van der Waals surface area (Å²) in [7, 11) is -0.0924. The average Bonchev–Trinajstić information content (AvgIpc) is 3.36. The van der Waals surface area contributed by atoms with Crippen LogP contribution in [0.3, 0.4) is 0 Å². The predicted octanol–water partition coefficient (Wildman–Crippen LogP) is 4.29. The van der Waals surface area contributed by atoms with Gasteiger partial charge in [-0.25, -0.2) is 14.6 Å². The molecule has 0 fully saturated rings. The molecule has 0 bridgehead atoms. The SMILES string of the molecule is CSCC[C@H](C=O)NNC(=O)c1ccc(CSS(=O)Nc2nccs2)cc1-c1ccccc1. The Labute approximate surface area is 207 Å². The number of thiazole rings is 1. The molecule has 33 heavy (non-hydrogen) atoms. The van der Waals surface area contributed by atoms with Crippen molar-refractivity contribution in [2.24, 2.45) is 0 Å². The van der Waals surface area contributed by atoms with Crippen LogP contribution in [0.2, 0.25) is 0 Å². The van der Waals surface area contributed by atoms with E-state index >= 15 is 0 Å². The molecule has 1 unspecified atom stereocenters. The number of rotatable bonds is 13. The summed E-state index contributed by atoms with van der Waals surface area (Å²) in [6.45, 7) is 0. The summed E-state index contributed by atoms with van der Waals surface area (Å²) >= 11 is 3.03. The number of carbonyl (C=O) groups excluding carboxylic acids is 2. The van der Waals surface area contributed by atoms with Crippen LogP contribution < -0.4 is 15.6 Å². The molecule has 0 aliphatic carbocycles. The Hall–Kier alpha value is -2.18. The van der Waals surface area contributed by atoms with Gasteiger partial charge >= 0.3 is 0 Å². The van der Waals surface area contributed by atoms with Crippen LogP contribution >= 0.6 is 33.9 Å². The van der Waals surface area contributed by atoms with E-state index in [-0.39, 0.29) is 5.91 Å². The normalized spacial score (nSPS) is 12.6. The molecule has 3 rings (SSSR count). The summed E-state index contributed by atoms with van der Waals surface area (Å²) in [6, 6.07) is 14.7. The van der Waals surface area contributed by atoms with Crippen molar-refractivity contribution >= 4 is 61.2 Å². The highest BCUT2D eigenvalue weighted by molar-refractivity contribution is 8.69. The molecular weight excluding hydrogens is 497 g/mol. The van der Waals surface area contributed by atoms with E-state index in [1.807, 2.05) is 54.1 Å². The molecule has 2 atom stereocenters. The third-order valence-electron chi connectivity index (χ3n) is 4.52. The summed E-state index contributed by atoms with van der Waals surface area (Å²) in [6.07, 6.45) is 5.05. The molecule has 3 aromatic rings. The number of aldehydes is 1. The van der Waals surface area contributed by atoms with Gasteiger partial charge in [0.05, 0.1) is 6.04 Å². The van der Waals surface area contributed by atoms with Crippen molar-refractivity contribution in [3.05, 3.63) is 71.2 Å². The first-order chi connectivity index (χ1) is 16.1. The number of thioether (sulfide) groups is 1. The quantitative estimate of drug-likeness (QED) is 0.176. The van der Waals surface area contributed by atoms with Gasteiger partial charge in [0.15, 0.2) is 15.1 Å². The highest BCUT2D eigenvalue weighted by Crippen LogP contribution is 2.28. The summed E-state index contributed by atoms with van der Waals surface area (Å²) < 4.78 is 15.1. The fourth-order valence-electron chi connectivity index (χ4n) is 2.88. The van der Waals surface area contributed by atoms with E-state index in [1.54, 1.807) is 24.0 Å². The van der Waals surface area contributed by atoms with Crippen molar-refractivity contribution < 1.29 is 13.8 Å². The minimum absolute atomic E-state index is 0.321. The fraction of sp³-hybridized carbons (Fsp3) is 0.227. The maximum absolute atomic E-state index is 12.9. The number of hydrogen-bond acceptors (Lipinski definition) is 8. The first kappa shape index (κ1) is 25.4. The zero-order valence-corrected chi connectivity index (χ0v) is 21.1. The molecule has 0 spiro atoms. The summed E-state index contributed by atoms with van der Waals surface area (Å²) in [4.78, 5) is 28.3. The van der Waals surface area contributed by atoms with Crippen LogP contribution in [0, 0.1) is 0 Å². The molecule has 174 valence electrons. The zero-order valence-electron chi connectivity index (χ0n) is 17.9. The van der Waals surface area contributed by atoms with Crippen LogP contribution in [0.15, 0.2) is 60.1 Å².